The third-order valence-electron chi connectivity index (χ3n) is 3.27. The first-order valence-corrected chi connectivity index (χ1v) is 7.64. The first-order valence-electron chi connectivity index (χ1n) is 7.64. The lowest BCUT2D eigenvalue weighted by Gasteiger charge is -2.08. The van der Waals surface area contributed by atoms with Crippen LogP contribution < -0.4 is 5.32 Å². The van der Waals surface area contributed by atoms with Gasteiger partial charge in [-0.3, -0.25) is 4.68 Å². The van der Waals surface area contributed by atoms with E-state index in [1.165, 1.54) is 17.0 Å². The van der Waals surface area contributed by atoms with Crippen molar-refractivity contribution in [2.45, 2.75) is 60.0 Å². The Morgan fingerprint density at radius 3 is 2.47 bits per heavy atom. The molecule has 0 unspecified atom stereocenters. The van der Waals surface area contributed by atoms with Crippen LogP contribution in [0.25, 0.3) is 0 Å². The van der Waals surface area contributed by atoms with E-state index in [4.69, 9.17) is 9.84 Å². The van der Waals surface area contributed by atoms with E-state index in [2.05, 4.69) is 37.7 Å². The molecule has 0 aliphatic carbocycles. The van der Waals surface area contributed by atoms with Crippen LogP contribution in [0.15, 0.2) is 0 Å². The maximum absolute atomic E-state index is 5.57. The van der Waals surface area contributed by atoms with Gasteiger partial charge in [0, 0.05) is 24.4 Å². The van der Waals surface area contributed by atoms with Gasteiger partial charge in [0.2, 0.25) is 0 Å². The highest BCUT2D eigenvalue weighted by Gasteiger charge is 2.14. The predicted octanol–water partition coefficient (Wildman–Crippen LogP) is 2.54. The number of nitrogens with zero attached hydrogens (tertiary/aromatic N) is 2. The molecule has 0 aliphatic rings. The van der Waals surface area contributed by atoms with Crippen LogP contribution in [0.1, 0.15) is 51.1 Å². The van der Waals surface area contributed by atoms with Crippen LogP contribution in [0.5, 0.6) is 0 Å². The summed E-state index contributed by atoms with van der Waals surface area (Å²) in [5.74, 6) is 0. The molecule has 0 saturated heterocycles. The Morgan fingerprint density at radius 2 is 1.89 bits per heavy atom. The van der Waals surface area contributed by atoms with Gasteiger partial charge < -0.3 is 10.1 Å². The van der Waals surface area contributed by atoms with Crippen molar-refractivity contribution in [3.05, 3.63) is 17.0 Å². The van der Waals surface area contributed by atoms with Crippen LogP contribution in [0.3, 0.4) is 0 Å². The maximum Gasteiger partial charge on any atom is 0.0669 e. The highest BCUT2D eigenvalue weighted by molar-refractivity contribution is 5.26. The van der Waals surface area contributed by atoms with E-state index >= 15 is 0 Å². The summed E-state index contributed by atoms with van der Waals surface area (Å²) in [7, 11) is 0. The quantitative estimate of drug-likeness (QED) is 0.662. The third kappa shape index (κ3) is 4.62. The molecule has 110 valence electrons. The molecule has 0 aromatic carbocycles. The van der Waals surface area contributed by atoms with Crippen LogP contribution >= 0.6 is 0 Å². The zero-order chi connectivity index (χ0) is 14.1. The number of aromatic nitrogens is 2. The minimum absolute atomic E-state index is 0.756. The van der Waals surface area contributed by atoms with Crippen LogP contribution in [0.4, 0.5) is 0 Å². The lowest BCUT2D eigenvalue weighted by Crippen LogP contribution is -2.15. The number of nitrogens with one attached hydrogen (secondary N) is 1. The molecule has 1 aromatic rings. The fourth-order valence-corrected chi connectivity index (χ4v) is 2.31. The Morgan fingerprint density at radius 1 is 1.11 bits per heavy atom. The molecule has 0 aliphatic heterocycles. The summed E-state index contributed by atoms with van der Waals surface area (Å²) in [5.41, 5.74) is 3.98. The summed E-state index contributed by atoms with van der Waals surface area (Å²) in [5, 5.41) is 8.17. The highest BCUT2D eigenvalue weighted by atomic mass is 16.5. The second kappa shape index (κ2) is 9.10. The summed E-state index contributed by atoms with van der Waals surface area (Å²) in [6.45, 7) is 13.0. The van der Waals surface area contributed by atoms with E-state index in [9.17, 15) is 0 Å². The Labute approximate surface area is 117 Å². The lowest BCUT2D eigenvalue weighted by atomic mass is 10.1. The topological polar surface area (TPSA) is 39.1 Å². The molecule has 19 heavy (non-hydrogen) atoms. The van der Waals surface area contributed by atoms with Crippen LogP contribution in [0.2, 0.25) is 0 Å². The second-order valence-corrected chi connectivity index (χ2v) is 4.69. The van der Waals surface area contributed by atoms with E-state index in [0.29, 0.717) is 0 Å². The number of hydrogen-bond acceptors (Lipinski definition) is 3. The molecular weight excluding hydrogens is 238 g/mol. The third-order valence-corrected chi connectivity index (χ3v) is 3.27. The fraction of sp³-hybridized carbons (Fsp3) is 0.800. The van der Waals surface area contributed by atoms with Crippen LogP contribution in [-0.4, -0.2) is 29.5 Å². The zero-order valence-electron chi connectivity index (χ0n) is 13.0. The van der Waals surface area contributed by atoms with Crippen molar-refractivity contribution in [2.24, 2.45) is 0 Å². The Bertz CT molecular complexity index is 361. The molecule has 1 heterocycles. The van der Waals surface area contributed by atoms with E-state index in [1.807, 2.05) is 0 Å². The molecule has 1 N–H and O–H groups in total. The van der Waals surface area contributed by atoms with Crippen molar-refractivity contribution in [3.63, 3.8) is 0 Å². The summed E-state index contributed by atoms with van der Waals surface area (Å²) in [6.07, 6.45) is 3.10. The van der Waals surface area contributed by atoms with Gasteiger partial charge in [-0.25, -0.2) is 0 Å². The minimum Gasteiger partial charge on any atom is -0.380 e. The minimum atomic E-state index is 0.756. The van der Waals surface area contributed by atoms with Crippen molar-refractivity contribution in [1.82, 2.24) is 15.1 Å². The molecule has 1 aromatic heterocycles. The molecule has 0 amide bonds. The monoisotopic (exact) mass is 267 g/mol. The van der Waals surface area contributed by atoms with Gasteiger partial charge in [0.05, 0.1) is 18.8 Å². The lowest BCUT2D eigenvalue weighted by molar-refractivity contribution is 0.123. The predicted molar refractivity (Wildman–Crippen MR) is 79.5 cm³/mol. The van der Waals surface area contributed by atoms with Gasteiger partial charge in [-0.05, 0) is 25.8 Å². The molecule has 4 nitrogen and oxygen atoms in total. The van der Waals surface area contributed by atoms with Crippen molar-refractivity contribution < 1.29 is 4.74 Å². The summed E-state index contributed by atoms with van der Waals surface area (Å²) < 4.78 is 7.71. The van der Waals surface area contributed by atoms with Gasteiger partial charge in [-0.1, -0.05) is 27.7 Å². The van der Waals surface area contributed by atoms with Gasteiger partial charge >= 0.3 is 0 Å². The van der Waals surface area contributed by atoms with Crippen molar-refractivity contribution >= 4 is 0 Å². The van der Waals surface area contributed by atoms with Gasteiger partial charge in [-0.15, -0.1) is 0 Å². The average Bonchev–Trinajstić information content (AvgIpc) is 2.78. The van der Waals surface area contributed by atoms with Gasteiger partial charge in [0.25, 0.3) is 0 Å². The smallest absolute Gasteiger partial charge is 0.0669 e. The van der Waals surface area contributed by atoms with Crippen LogP contribution in [0, 0.1) is 0 Å². The Kier molecular flexibility index (Phi) is 7.75. The molecule has 0 fully saturated rings. The Balaban J connectivity index is 2.76. The molecule has 0 spiro atoms. The van der Waals surface area contributed by atoms with Crippen molar-refractivity contribution in [3.8, 4) is 0 Å². The van der Waals surface area contributed by atoms with E-state index < -0.39 is 0 Å². The van der Waals surface area contributed by atoms with E-state index in [-0.39, 0.29) is 0 Å². The van der Waals surface area contributed by atoms with Crippen molar-refractivity contribution in [2.75, 3.05) is 19.8 Å². The average molecular weight is 267 g/mol. The largest absolute Gasteiger partial charge is 0.380 e. The first-order chi connectivity index (χ1) is 9.28. The molecule has 1 rings (SSSR count). The molecule has 0 radical (unpaired) electrons. The van der Waals surface area contributed by atoms with E-state index in [1.54, 1.807) is 0 Å². The molecule has 0 saturated carbocycles. The number of rotatable bonds is 10. The van der Waals surface area contributed by atoms with Crippen LogP contribution in [-0.2, 0) is 30.7 Å². The first kappa shape index (κ1) is 16.2. The fourth-order valence-electron chi connectivity index (χ4n) is 2.31. The SMILES string of the molecule is CCCOCCn1nc(CC)c(CNCC)c1CC. The number of hydrogen-bond donors (Lipinski definition) is 1. The van der Waals surface area contributed by atoms with Gasteiger partial charge in [0.1, 0.15) is 0 Å². The van der Waals surface area contributed by atoms with Crippen molar-refractivity contribution in [1.29, 1.82) is 0 Å². The zero-order valence-corrected chi connectivity index (χ0v) is 13.0. The number of ether oxygens (including phenoxy) is 1. The number of aryl methyl sites for hydroxylation is 1. The van der Waals surface area contributed by atoms with Gasteiger partial charge in [0.15, 0.2) is 0 Å². The molecular formula is C15H29N3O. The standard InChI is InChI=1S/C15H29N3O/c1-5-10-19-11-9-18-15(7-3)13(12-16-8-4)14(6-2)17-18/h16H,5-12H2,1-4H3. The van der Waals surface area contributed by atoms with E-state index in [0.717, 1.165) is 52.1 Å². The molecule has 0 atom stereocenters. The Hall–Kier alpha value is -0.870. The summed E-state index contributed by atoms with van der Waals surface area (Å²) in [6, 6.07) is 0. The highest BCUT2D eigenvalue weighted by Crippen LogP contribution is 2.16. The molecule has 0 bridgehead atoms. The summed E-state index contributed by atoms with van der Waals surface area (Å²) >= 11 is 0. The maximum atomic E-state index is 5.57. The normalized spacial score (nSPS) is 11.2. The second-order valence-electron chi connectivity index (χ2n) is 4.69. The molecule has 4 heteroatoms. The summed E-state index contributed by atoms with van der Waals surface area (Å²) in [4.78, 5) is 0. The van der Waals surface area contributed by atoms with Gasteiger partial charge in [-0.2, -0.15) is 5.10 Å².